The number of aromatic nitrogens is 4. The zero-order valence-corrected chi connectivity index (χ0v) is 15.7. The molecule has 2 saturated heterocycles. The molecular formula is C19H26N6O2. The number of carbonyl (C=O) groups is 1. The quantitative estimate of drug-likeness (QED) is 0.769. The summed E-state index contributed by atoms with van der Waals surface area (Å²) in [4.78, 5) is 29.5. The molecule has 1 amide bonds. The molecule has 27 heavy (non-hydrogen) atoms. The second kappa shape index (κ2) is 7.94. The first kappa shape index (κ1) is 17.8. The van der Waals surface area contributed by atoms with E-state index >= 15 is 0 Å². The lowest BCUT2D eigenvalue weighted by atomic mass is 9.83. The molecule has 2 atom stereocenters. The maximum atomic E-state index is 12.5. The summed E-state index contributed by atoms with van der Waals surface area (Å²) in [5, 5.41) is 0. The van der Waals surface area contributed by atoms with Gasteiger partial charge in [0.1, 0.15) is 12.1 Å². The van der Waals surface area contributed by atoms with Crippen molar-refractivity contribution in [1.82, 2.24) is 24.4 Å². The molecule has 0 unspecified atom stereocenters. The number of anilines is 1. The number of hydrogen-bond acceptors (Lipinski definition) is 6. The van der Waals surface area contributed by atoms with Gasteiger partial charge in [0, 0.05) is 57.1 Å². The number of hydrogen-bond donors (Lipinski definition) is 0. The Hall–Kier alpha value is -2.64. The first-order chi connectivity index (χ1) is 13.2. The molecule has 0 bridgehead atoms. The molecule has 4 rings (SSSR count). The lowest BCUT2D eigenvalue weighted by Crippen LogP contribution is -2.56. The van der Waals surface area contributed by atoms with Gasteiger partial charge in [0.15, 0.2) is 0 Å². The first-order valence-corrected chi connectivity index (χ1v) is 9.61. The third-order valence-electron chi connectivity index (χ3n) is 5.68. The van der Waals surface area contributed by atoms with Crippen LogP contribution in [0.1, 0.15) is 25.7 Å². The Balaban J connectivity index is 1.38. The lowest BCUT2D eigenvalue weighted by molar-refractivity contribution is -0.139. The number of rotatable bonds is 6. The Morgan fingerprint density at radius 2 is 2.19 bits per heavy atom. The highest BCUT2D eigenvalue weighted by Crippen LogP contribution is 2.33. The van der Waals surface area contributed by atoms with Crippen molar-refractivity contribution in [3.63, 3.8) is 0 Å². The van der Waals surface area contributed by atoms with Crippen LogP contribution in [-0.2, 0) is 11.3 Å². The smallest absolute Gasteiger partial charge is 0.222 e. The highest BCUT2D eigenvalue weighted by atomic mass is 16.5. The molecule has 2 aromatic heterocycles. The number of methoxy groups -OCH3 is 1. The van der Waals surface area contributed by atoms with Crippen LogP contribution in [0.5, 0.6) is 5.88 Å². The van der Waals surface area contributed by atoms with Gasteiger partial charge in [-0.25, -0.2) is 15.0 Å². The molecule has 0 aromatic carbocycles. The largest absolute Gasteiger partial charge is 0.481 e. The maximum Gasteiger partial charge on any atom is 0.222 e. The van der Waals surface area contributed by atoms with Crippen molar-refractivity contribution < 1.29 is 9.53 Å². The fraction of sp³-hybridized carbons (Fsp3) is 0.579. The number of piperidine rings is 2. The van der Waals surface area contributed by atoms with Crippen LogP contribution in [0.25, 0.3) is 0 Å². The predicted molar refractivity (Wildman–Crippen MR) is 100 cm³/mol. The minimum Gasteiger partial charge on any atom is -0.481 e. The average molecular weight is 370 g/mol. The molecule has 4 heterocycles. The predicted octanol–water partition coefficient (Wildman–Crippen LogP) is 1.59. The van der Waals surface area contributed by atoms with E-state index in [1.54, 1.807) is 19.6 Å². The zero-order valence-electron chi connectivity index (χ0n) is 15.7. The molecule has 0 spiro atoms. The molecule has 2 aliphatic rings. The van der Waals surface area contributed by atoms with Crippen LogP contribution in [-0.4, -0.2) is 63.1 Å². The fourth-order valence-corrected chi connectivity index (χ4v) is 4.31. The summed E-state index contributed by atoms with van der Waals surface area (Å²) in [6.07, 6.45) is 10.7. The van der Waals surface area contributed by atoms with Crippen LogP contribution in [0, 0.1) is 5.92 Å². The van der Waals surface area contributed by atoms with E-state index in [-0.39, 0.29) is 0 Å². The van der Waals surface area contributed by atoms with Crippen LogP contribution in [0.15, 0.2) is 31.1 Å². The molecule has 0 aliphatic carbocycles. The topological polar surface area (TPSA) is 76.4 Å². The number of fused-ring (bicyclic) bond motifs is 1. The van der Waals surface area contributed by atoms with Gasteiger partial charge in [-0.3, -0.25) is 4.79 Å². The molecule has 0 saturated carbocycles. The Morgan fingerprint density at radius 3 is 3.00 bits per heavy atom. The normalized spacial score (nSPS) is 22.6. The van der Waals surface area contributed by atoms with E-state index in [0.29, 0.717) is 30.2 Å². The molecule has 2 aromatic rings. The van der Waals surface area contributed by atoms with Crippen molar-refractivity contribution in [2.24, 2.45) is 5.92 Å². The number of nitrogens with zero attached hydrogens (tertiary/aromatic N) is 6. The van der Waals surface area contributed by atoms with Crippen LogP contribution in [0.4, 0.5) is 5.82 Å². The standard InChI is InChI=1S/C19H26N6O2/c1-27-18-11-17(21-13-22-18)24-9-5-16-15(12-24)3-4-19(26)25(16)8-2-7-23-10-6-20-14-23/h6,10-11,13-16H,2-5,7-9,12H2,1H3/t15-,16+/m0/s1. The summed E-state index contributed by atoms with van der Waals surface area (Å²) in [5.74, 6) is 2.29. The molecule has 144 valence electrons. The fourth-order valence-electron chi connectivity index (χ4n) is 4.31. The monoisotopic (exact) mass is 370 g/mol. The van der Waals surface area contributed by atoms with Gasteiger partial charge in [0.05, 0.1) is 13.4 Å². The Bertz CT molecular complexity index is 765. The van der Waals surface area contributed by atoms with Gasteiger partial charge >= 0.3 is 0 Å². The maximum absolute atomic E-state index is 12.5. The Kier molecular flexibility index (Phi) is 5.22. The summed E-state index contributed by atoms with van der Waals surface area (Å²) in [6.45, 7) is 3.54. The van der Waals surface area contributed by atoms with Crippen molar-refractivity contribution >= 4 is 11.7 Å². The van der Waals surface area contributed by atoms with E-state index in [0.717, 1.165) is 51.3 Å². The summed E-state index contributed by atoms with van der Waals surface area (Å²) in [5.41, 5.74) is 0. The van der Waals surface area contributed by atoms with Crippen LogP contribution < -0.4 is 9.64 Å². The Labute approximate surface area is 159 Å². The van der Waals surface area contributed by atoms with Crippen molar-refractivity contribution in [2.45, 2.75) is 38.3 Å². The number of aryl methyl sites for hydroxylation is 1. The van der Waals surface area contributed by atoms with E-state index in [2.05, 4.69) is 29.3 Å². The van der Waals surface area contributed by atoms with Gasteiger partial charge in [-0.2, -0.15) is 0 Å². The van der Waals surface area contributed by atoms with Gasteiger partial charge in [-0.15, -0.1) is 0 Å². The van der Waals surface area contributed by atoms with E-state index in [1.165, 1.54) is 0 Å². The minimum absolute atomic E-state index is 0.305. The Morgan fingerprint density at radius 1 is 1.26 bits per heavy atom. The molecule has 2 fully saturated rings. The van der Waals surface area contributed by atoms with E-state index in [4.69, 9.17) is 4.74 Å². The van der Waals surface area contributed by atoms with E-state index in [1.807, 2.05) is 18.6 Å². The third-order valence-corrected chi connectivity index (χ3v) is 5.68. The highest BCUT2D eigenvalue weighted by Gasteiger charge is 2.39. The van der Waals surface area contributed by atoms with Crippen molar-refractivity contribution in [1.29, 1.82) is 0 Å². The highest BCUT2D eigenvalue weighted by molar-refractivity contribution is 5.77. The van der Waals surface area contributed by atoms with E-state index < -0.39 is 0 Å². The zero-order chi connectivity index (χ0) is 18.6. The van der Waals surface area contributed by atoms with Crippen LogP contribution in [0.2, 0.25) is 0 Å². The summed E-state index contributed by atoms with van der Waals surface area (Å²) >= 11 is 0. The van der Waals surface area contributed by atoms with Gasteiger partial charge < -0.3 is 19.1 Å². The van der Waals surface area contributed by atoms with Gasteiger partial charge in [-0.1, -0.05) is 0 Å². The number of ether oxygens (including phenoxy) is 1. The summed E-state index contributed by atoms with van der Waals surface area (Å²) in [7, 11) is 1.62. The molecule has 8 heteroatoms. The third kappa shape index (κ3) is 3.89. The first-order valence-electron chi connectivity index (χ1n) is 9.61. The molecule has 0 radical (unpaired) electrons. The van der Waals surface area contributed by atoms with E-state index in [9.17, 15) is 4.79 Å². The van der Waals surface area contributed by atoms with Gasteiger partial charge in [-0.05, 0) is 25.2 Å². The van der Waals surface area contributed by atoms with Gasteiger partial charge in [0.2, 0.25) is 11.8 Å². The number of amides is 1. The molecule has 8 nitrogen and oxygen atoms in total. The van der Waals surface area contributed by atoms with Gasteiger partial charge in [0.25, 0.3) is 0 Å². The van der Waals surface area contributed by atoms with Crippen molar-refractivity contribution in [2.75, 3.05) is 31.6 Å². The molecular weight excluding hydrogens is 344 g/mol. The molecule has 0 N–H and O–H groups in total. The summed E-state index contributed by atoms with van der Waals surface area (Å²) < 4.78 is 7.29. The number of likely N-dealkylation sites (tertiary alicyclic amines) is 1. The lowest BCUT2D eigenvalue weighted by Gasteiger charge is -2.47. The average Bonchev–Trinajstić information content (AvgIpc) is 3.23. The SMILES string of the molecule is COc1cc(N2CC[C@@H]3[C@@H](CCC(=O)N3CCCn3ccnc3)C2)ncn1. The molecule has 2 aliphatic heterocycles. The second-order valence-corrected chi connectivity index (χ2v) is 7.26. The number of imidazole rings is 1. The summed E-state index contributed by atoms with van der Waals surface area (Å²) in [6, 6.07) is 2.23. The number of carbonyl (C=O) groups excluding carboxylic acids is 1. The van der Waals surface area contributed by atoms with Crippen LogP contribution >= 0.6 is 0 Å². The van der Waals surface area contributed by atoms with Crippen molar-refractivity contribution in [3.8, 4) is 5.88 Å². The second-order valence-electron chi connectivity index (χ2n) is 7.26. The van der Waals surface area contributed by atoms with Crippen molar-refractivity contribution in [3.05, 3.63) is 31.1 Å². The minimum atomic E-state index is 0.305. The van der Waals surface area contributed by atoms with Crippen LogP contribution in [0.3, 0.4) is 0 Å².